The standard InChI is InChI=1S/C22H22F3N3O6/c1-31-15-7-5-13(6-8-15)26-20(29)28-16-10-32-19-17(11-33-18(16)19)34-21(30)27-14-4-2-3-12(9-14)22(23,24)25/h2-9,16-19H,10-11H2,1H3,(H,27,30)(H2,26,28,29)/t16-,17-,18-,19+/m1/s1. The lowest BCUT2D eigenvalue weighted by Gasteiger charge is -2.18. The van der Waals surface area contributed by atoms with Crippen molar-refractivity contribution in [1.82, 2.24) is 5.32 Å². The summed E-state index contributed by atoms with van der Waals surface area (Å²) in [5, 5.41) is 7.74. The topological polar surface area (TPSA) is 107 Å². The number of benzene rings is 2. The molecule has 0 aromatic heterocycles. The number of hydrogen-bond donors (Lipinski definition) is 3. The fraction of sp³-hybridized carbons (Fsp3) is 0.364. The summed E-state index contributed by atoms with van der Waals surface area (Å²) in [5.74, 6) is 0.653. The molecule has 0 aliphatic carbocycles. The molecule has 0 saturated carbocycles. The smallest absolute Gasteiger partial charge is 0.416 e. The van der Waals surface area contributed by atoms with Crippen LogP contribution in [-0.4, -0.2) is 56.8 Å². The normalized spacial score (nSPS) is 23.6. The monoisotopic (exact) mass is 481 g/mol. The van der Waals surface area contributed by atoms with E-state index >= 15 is 0 Å². The van der Waals surface area contributed by atoms with Crippen molar-refractivity contribution in [3.63, 3.8) is 0 Å². The summed E-state index contributed by atoms with van der Waals surface area (Å²) in [4.78, 5) is 24.5. The van der Waals surface area contributed by atoms with Crippen molar-refractivity contribution in [2.75, 3.05) is 31.0 Å². The van der Waals surface area contributed by atoms with Crippen LogP contribution in [0.15, 0.2) is 48.5 Å². The quantitative estimate of drug-likeness (QED) is 0.602. The number of alkyl halides is 3. The van der Waals surface area contributed by atoms with Gasteiger partial charge >= 0.3 is 18.3 Å². The maximum atomic E-state index is 12.8. The van der Waals surface area contributed by atoms with Crippen molar-refractivity contribution in [1.29, 1.82) is 0 Å². The number of rotatable bonds is 5. The zero-order chi connectivity index (χ0) is 24.3. The first-order valence-corrected chi connectivity index (χ1v) is 10.3. The minimum absolute atomic E-state index is 0.0175. The molecule has 182 valence electrons. The summed E-state index contributed by atoms with van der Waals surface area (Å²) < 4.78 is 60.2. The van der Waals surface area contributed by atoms with Gasteiger partial charge in [-0.3, -0.25) is 5.32 Å². The second-order valence-electron chi connectivity index (χ2n) is 7.68. The summed E-state index contributed by atoms with van der Waals surface area (Å²) in [6.07, 6.45) is -7.43. The number of hydrogen-bond acceptors (Lipinski definition) is 6. The van der Waals surface area contributed by atoms with Gasteiger partial charge in [0.1, 0.15) is 18.0 Å². The first-order chi connectivity index (χ1) is 16.2. The number of methoxy groups -OCH3 is 1. The van der Waals surface area contributed by atoms with Gasteiger partial charge in [-0.25, -0.2) is 9.59 Å². The first kappa shape index (κ1) is 23.6. The molecule has 2 saturated heterocycles. The predicted octanol–water partition coefficient (Wildman–Crippen LogP) is 3.62. The van der Waals surface area contributed by atoms with E-state index in [0.717, 1.165) is 12.1 Å². The maximum absolute atomic E-state index is 12.8. The summed E-state index contributed by atoms with van der Waals surface area (Å²) >= 11 is 0. The van der Waals surface area contributed by atoms with Gasteiger partial charge in [0.15, 0.2) is 6.10 Å². The lowest BCUT2D eigenvalue weighted by Crippen LogP contribution is -2.46. The molecule has 2 aromatic carbocycles. The molecule has 3 N–H and O–H groups in total. The molecule has 0 unspecified atom stereocenters. The molecular formula is C22H22F3N3O6. The first-order valence-electron chi connectivity index (χ1n) is 10.3. The van der Waals surface area contributed by atoms with E-state index in [1.807, 2.05) is 0 Å². The van der Waals surface area contributed by atoms with Gasteiger partial charge in [0, 0.05) is 11.4 Å². The van der Waals surface area contributed by atoms with Crippen molar-refractivity contribution in [3.8, 4) is 5.75 Å². The highest BCUT2D eigenvalue weighted by atomic mass is 19.4. The van der Waals surface area contributed by atoms with Gasteiger partial charge in [-0.15, -0.1) is 0 Å². The van der Waals surface area contributed by atoms with Crippen molar-refractivity contribution in [3.05, 3.63) is 54.1 Å². The van der Waals surface area contributed by atoms with Gasteiger partial charge < -0.3 is 29.6 Å². The number of urea groups is 1. The Morgan fingerprint density at radius 1 is 0.971 bits per heavy atom. The summed E-state index contributed by atoms with van der Waals surface area (Å²) in [6, 6.07) is 10.0. The second-order valence-corrected chi connectivity index (χ2v) is 7.68. The number of nitrogens with one attached hydrogen (secondary N) is 3. The Labute approximate surface area is 192 Å². The van der Waals surface area contributed by atoms with Crippen LogP contribution >= 0.6 is 0 Å². The van der Waals surface area contributed by atoms with Gasteiger partial charge in [-0.2, -0.15) is 13.2 Å². The highest BCUT2D eigenvalue weighted by Crippen LogP contribution is 2.31. The van der Waals surface area contributed by atoms with E-state index < -0.39 is 48.2 Å². The van der Waals surface area contributed by atoms with Crippen LogP contribution in [0, 0.1) is 0 Å². The minimum Gasteiger partial charge on any atom is -0.497 e. The molecule has 0 spiro atoms. The van der Waals surface area contributed by atoms with Crippen LogP contribution in [0.4, 0.5) is 34.1 Å². The van der Waals surface area contributed by atoms with Gasteiger partial charge in [0.25, 0.3) is 0 Å². The Bertz CT molecular complexity index is 1030. The van der Waals surface area contributed by atoms with Gasteiger partial charge in [-0.05, 0) is 42.5 Å². The van der Waals surface area contributed by atoms with Crippen LogP contribution in [0.1, 0.15) is 5.56 Å². The molecule has 0 bridgehead atoms. The van der Waals surface area contributed by atoms with Crippen LogP contribution in [0.3, 0.4) is 0 Å². The number of amides is 3. The van der Waals surface area contributed by atoms with Gasteiger partial charge in [0.2, 0.25) is 0 Å². The van der Waals surface area contributed by atoms with Crippen LogP contribution in [0.25, 0.3) is 0 Å². The molecule has 4 atom stereocenters. The molecule has 2 aromatic rings. The van der Waals surface area contributed by atoms with E-state index in [1.165, 1.54) is 12.1 Å². The number of carbonyl (C=O) groups is 2. The largest absolute Gasteiger partial charge is 0.497 e. The Kier molecular flexibility index (Phi) is 6.80. The Morgan fingerprint density at radius 3 is 2.41 bits per heavy atom. The average Bonchev–Trinajstić information content (AvgIpc) is 3.37. The van der Waals surface area contributed by atoms with Crippen LogP contribution in [0.2, 0.25) is 0 Å². The molecule has 2 aliphatic heterocycles. The molecule has 2 fully saturated rings. The average molecular weight is 481 g/mol. The van der Waals surface area contributed by atoms with Crippen molar-refractivity contribution >= 4 is 23.5 Å². The molecular weight excluding hydrogens is 459 g/mol. The van der Waals surface area contributed by atoms with Crippen LogP contribution in [0.5, 0.6) is 5.75 Å². The molecule has 12 heteroatoms. The highest BCUT2D eigenvalue weighted by Gasteiger charge is 2.50. The minimum atomic E-state index is -4.53. The number of anilines is 2. The third-order valence-corrected chi connectivity index (χ3v) is 5.37. The van der Waals surface area contributed by atoms with E-state index in [0.29, 0.717) is 11.4 Å². The van der Waals surface area contributed by atoms with E-state index in [-0.39, 0.29) is 18.9 Å². The molecule has 4 rings (SSSR count). The van der Waals surface area contributed by atoms with Crippen LogP contribution in [-0.2, 0) is 20.4 Å². The lowest BCUT2D eigenvalue weighted by atomic mass is 10.1. The van der Waals surface area contributed by atoms with E-state index in [9.17, 15) is 22.8 Å². The highest BCUT2D eigenvalue weighted by molar-refractivity contribution is 5.89. The summed E-state index contributed by atoms with van der Waals surface area (Å²) in [5.41, 5.74) is -0.388. The third-order valence-electron chi connectivity index (χ3n) is 5.37. The number of halogens is 3. The molecule has 2 aliphatic rings. The Balaban J connectivity index is 1.28. The van der Waals surface area contributed by atoms with Crippen LogP contribution < -0.4 is 20.7 Å². The summed E-state index contributed by atoms with van der Waals surface area (Å²) in [6.45, 7) is 0.157. The molecule has 2 heterocycles. The predicted molar refractivity (Wildman–Crippen MR) is 114 cm³/mol. The third kappa shape index (κ3) is 5.51. The second kappa shape index (κ2) is 9.77. The SMILES string of the molecule is COc1ccc(NC(=O)N[C@@H]2CO[C@@H]3[C@@H]2OC[C@H]3OC(=O)Nc2cccc(C(F)(F)F)c2)cc1. The van der Waals surface area contributed by atoms with E-state index in [1.54, 1.807) is 31.4 Å². The van der Waals surface area contributed by atoms with Gasteiger partial charge in [0.05, 0.1) is 31.9 Å². The van der Waals surface area contributed by atoms with Crippen molar-refractivity contribution in [2.24, 2.45) is 0 Å². The number of carbonyl (C=O) groups excluding carboxylic acids is 2. The summed E-state index contributed by atoms with van der Waals surface area (Å²) in [7, 11) is 1.54. The Hall–Kier alpha value is -3.51. The molecule has 3 amide bonds. The molecule has 9 nitrogen and oxygen atoms in total. The van der Waals surface area contributed by atoms with Gasteiger partial charge in [-0.1, -0.05) is 6.07 Å². The van der Waals surface area contributed by atoms with Crippen molar-refractivity contribution in [2.45, 2.75) is 30.5 Å². The molecule has 0 radical (unpaired) electrons. The fourth-order valence-electron chi connectivity index (χ4n) is 3.76. The molecule has 34 heavy (non-hydrogen) atoms. The zero-order valence-electron chi connectivity index (χ0n) is 17.9. The lowest BCUT2D eigenvalue weighted by molar-refractivity contribution is -0.137. The number of fused-ring (bicyclic) bond motifs is 1. The zero-order valence-corrected chi connectivity index (χ0v) is 17.9. The van der Waals surface area contributed by atoms with E-state index in [2.05, 4.69) is 16.0 Å². The Morgan fingerprint density at radius 2 is 1.71 bits per heavy atom. The van der Waals surface area contributed by atoms with Crippen molar-refractivity contribution < 1.29 is 41.7 Å². The number of ether oxygens (including phenoxy) is 4. The fourth-order valence-corrected chi connectivity index (χ4v) is 3.76. The van der Waals surface area contributed by atoms with E-state index in [4.69, 9.17) is 18.9 Å². The maximum Gasteiger partial charge on any atom is 0.416 e.